The molecule has 4 heteroatoms. The van der Waals surface area contributed by atoms with Gasteiger partial charge in [-0.1, -0.05) is 0 Å². The van der Waals surface area contributed by atoms with Crippen LogP contribution in [-0.4, -0.2) is 48.5 Å². The number of nitrogens with zero attached hydrogens (tertiary/aromatic N) is 1. The maximum Gasteiger partial charge on any atom is 0.223 e. The van der Waals surface area contributed by atoms with E-state index in [1.807, 2.05) is 25.9 Å². The fourth-order valence-corrected chi connectivity index (χ4v) is 2.86. The fourth-order valence-electron chi connectivity index (χ4n) is 1.78. The number of hydrogen-bond acceptors (Lipinski definition) is 3. The van der Waals surface area contributed by atoms with E-state index in [1.54, 1.807) is 4.90 Å². The van der Waals surface area contributed by atoms with E-state index in [1.165, 1.54) is 24.3 Å². The van der Waals surface area contributed by atoms with Gasteiger partial charge in [-0.15, -0.1) is 0 Å². The van der Waals surface area contributed by atoms with Crippen LogP contribution in [0.25, 0.3) is 0 Å². The summed E-state index contributed by atoms with van der Waals surface area (Å²) in [5.41, 5.74) is 0. The summed E-state index contributed by atoms with van der Waals surface area (Å²) in [4.78, 5) is 13.1. The van der Waals surface area contributed by atoms with Crippen molar-refractivity contribution in [1.82, 2.24) is 10.2 Å². The first-order valence-corrected chi connectivity index (χ1v) is 6.79. The third kappa shape index (κ3) is 4.89. The van der Waals surface area contributed by atoms with Crippen molar-refractivity contribution in [3.05, 3.63) is 0 Å². The monoisotopic (exact) mass is 230 g/mol. The summed E-state index contributed by atoms with van der Waals surface area (Å²) in [5, 5.41) is 3.54. The lowest BCUT2D eigenvalue weighted by Gasteiger charge is -2.26. The van der Waals surface area contributed by atoms with Crippen molar-refractivity contribution in [1.29, 1.82) is 0 Å². The van der Waals surface area contributed by atoms with E-state index in [9.17, 15) is 4.79 Å². The van der Waals surface area contributed by atoms with E-state index in [4.69, 9.17) is 0 Å². The highest BCUT2D eigenvalue weighted by Gasteiger charge is 2.17. The first-order chi connectivity index (χ1) is 7.09. The molecule has 1 rings (SSSR count). The molecule has 3 nitrogen and oxygen atoms in total. The Balaban J connectivity index is 2.22. The molecule has 0 saturated carbocycles. The maximum absolute atomic E-state index is 11.5. The van der Waals surface area contributed by atoms with Crippen LogP contribution >= 0.6 is 11.8 Å². The molecule has 0 aromatic carbocycles. The second-order valence-corrected chi connectivity index (χ2v) is 5.62. The zero-order valence-corrected chi connectivity index (χ0v) is 10.8. The summed E-state index contributed by atoms with van der Waals surface area (Å²) in [6.07, 6.45) is 3.17. The molecular formula is C11H22N2OS. The Hall–Kier alpha value is -0.220. The summed E-state index contributed by atoms with van der Waals surface area (Å²) in [5.74, 6) is 2.70. The van der Waals surface area contributed by atoms with Gasteiger partial charge in [-0.05, 0) is 25.5 Å². The lowest BCUT2D eigenvalue weighted by molar-refractivity contribution is -0.129. The summed E-state index contributed by atoms with van der Waals surface area (Å²) in [6.45, 7) is 2.10. The quantitative estimate of drug-likeness (QED) is 0.791. The van der Waals surface area contributed by atoms with E-state index in [-0.39, 0.29) is 5.91 Å². The molecule has 2 unspecified atom stereocenters. The molecule has 1 N–H and O–H groups in total. The summed E-state index contributed by atoms with van der Waals surface area (Å²) < 4.78 is 0. The van der Waals surface area contributed by atoms with E-state index >= 15 is 0 Å². The standard InChI is InChI=1S/C11H22N2OS/c1-9(7-11(14)13(2)3)12-10-5-4-6-15-8-10/h9-10,12H,4-8H2,1-3H3. The summed E-state index contributed by atoms with van der Waals surface area (Å²) >= 11 is 2.01. The van der Waals surface area contributed by atoms with Gasteiger partial charge in [-0.2, -0.15) is 11.8 Å². The molecule has 2 atom stereocenters. The number of carbonyl (C=O) groups is 1. The number of hydrogen-bond donors (Lipinski definition) is 1. The van der Waals surface area contributed by atoms with Gasteiger partial charge in [0.15, 0.2) is 0 Å². The highest BCUT2D eigenvalue weighted by molar-refractivity contribution is 7.99. The van der Waals surface area contributed by atoms with E-state index in [0.29, 0.717) is 18.5 Å². The number of amides is 1. The molecule has 0 bridgehead atoms. The normalized spacial score (nSPS) is 23.5. The van der Waals surface area contributed by atoms with Gasteiger partial charge in [-0.25, -0.2) is 0 Å². The molecule has 1 aliphatic rings. The van der Waals surface area contributed by atoms with Crippen LogP contribution < -0.4 is 5.32 Å². The smallest absolute Gasteiger partial charge is 0.223 e. The Labute approximate surface area is 97.0 Å². The van der Waals surface area contributed by atoms with Gasteiger partial charge in [0.05, 0.1) is 0 Å². The average molecular weight is 230 g/mol. The lowest BCUT2D eigenvalue weighted by atomic mass is 10.1. The fraction of sp³-hybridized carbons (Fsp3) is 0.909. The Morgan fingerprint density at radius 2 is 2.33 bits per heavy atom. The van der Waals surface area contributed by atoms with Crippen molar-refractivity contribution in [2.75, 3.05) is 25.6 Å². The predicted octanol–water partition coefficient (Wildman–Crippen LogP) is 1.34. The van der Waals surface area contributed by atoms with Crippen molar-refractivity contribution < 1.29 is 4.79 Å². The van der Waals surface area contributed by atoms with Crippen LogP contribution in [0.1, 0.15) is 26.2 Å². The second-order valence-electron chi connectivity index (χ2n) is 4.47. The van der Waals surface area contributed by atoms with Crippen molar-refractivity contribution >= 4 is 17.7 Å². The van der Waals surface area contributed by atoms with Crippen LogP contribution in [0.2, 0.25) is 0 Å². The first-order valence-electron chi connectivity index (χ1n) is 5.63. The average Bonchev–Trinajstić information content (AvgIpc) is 2.18. The maximum atomic E-state index is 11.5. The van der Waals surface area contributed by atoms with Crippen molar-refractivity contribution in [2.24, 2.45) is 0 Å². The van der Waals surface area contributed by atoms with Crippen LogP contribution in [0.15, 0.2) is 0 Å². The molecule has 0 spiro atoms. The SMILES string of the molecule is CC(CC(=O)N(C)C)NC1CCCSC1. The lowest BCUT2D eigenvalue weighted by Crippen LogP contribution is -2.42. The molecule has 1 aliphatic heterocycles. The molecule has 0 aromatic heterocycles. The Kier molecular flexibility index (Phi) is 5.47. The Morgan fingerprint density at radius 3 is 2.87 bits per heavy atom. The van der Waals surface area contributed by atoms with Gasteiger partial charge in [0.25, 0.3) is 0 Å². The predicted molar refractivity (Wildman–Crippen MR) is 66.3 cm³/mol. The second kappa shape index (κ2) is 6.38. The van der Waals surface area contributed by atoms with Gasteiger partial charge in [-0.3, -0.25) is 4.79 Å². The van der Waals surface area contributed by atoms with E-state index < -0.39 is 0 Å². The van der Waals surface area contributed by atoms with Gasteiger partial charge >= 0.3 is 0 Å². The van der Waals surface area contributed by atoms with Crippen LogP contribution in [0.4, 0.5) is 0 Å². The van der Waals surface area contributed by atoms with E-state index in [2.05, 4.69) is 12.2 Å². The minimum absolute atomic E-state index is 0.207. The highest BCUT2D eigenvalue weighted by atomic mass is 32.2. The Bertz CT molecular complexity index is 203. The Morgan fingerprint density at radius 1 is 1.60 bits per heavy atom. The van der Waals surface area contributed by atoms with Gasteiger partial charge in [0.2, 0.25) is 5.91 Å². The largest absolute Gasteiger partial charge is 0.349 e. The van der Waals surface area contributed by atoms with Crippen LogP contribution in [0.3, 0.4) is 0 Å². The molecule has 1 heterocycles. The first kappa shape index (κ1) is 12.8. The van der Waals surface area contributed by atoms with Crippen LogP contribution in [-0.2, 0) is 4.79 Å². The number of nitrogens with one attached hydrogen (secondary N) is 1. The number of carbonyl (C=O) groups excluding carboxylic acids is 1. The minimum Gasteiger partial charge on any atom is -0.349 e. The molecule has 1 fully saturated rings. The zero-order valence-electron chi connectivity index (χ0n) is 9.95. The zero-order chi connectivity index (χ0) is 11.3. The molecular weight excluding hydrogens is 208 g/mol. The minimum atomic E-state index is 0.207. The summed E-state index contributed by atoms with van der Waals surface area (Å²) in [6, 6.07) is 0.900. The summed E-state index contributed by atoms with van der Waals surface area (Å²) in [7, 11) is 3.62. The molecule has 0 radical (unpaired) electrons. The third-order valence-electron chi connectivity index (χ3n) is 2.66. The number of thioether (sulfide) groups is 1. The molecule has 0 aromatic rings. The van der Waals surface area contributed by atoms with Crippen molar-refractivity contribution in [2.45, 2.75) is 38.3 Å². The molecule has 1 amide bonds. The number of rotatable bonds is 4. The van der Waals surface area contributed by atoms with Gasteiger partial charge in [0, 0.05) is 38.4 Å². The van der Waals surface area contributed by atoms with Gasteiger partial charge in [0.1, 0.15) is 0 Å². The third-order valence-corrected chi connectivity index (χ3v) is 3.88. The van der Waals surface area contributed by atoms with Gasteiger partial charge < -0.3 is 10.2 Å². The molecule has 15 heavy (non-hydrogen) atoms. The molecule has 1 saturated heterocycles. The van der Waals surface area contributed by atoms with Crippen molar-refractivity contribution in [3.8, 4) is 0 Å². The van der Waals surface area contributed by atoms with Crippen LogP contribution in [0.5, 0.6) is 0 Å². The molecule has 0 aliphatic carbocycles. The van der Waals surface area contributed by atoms with Crippen LogP contribution in [0, 0.1) is 0 Å². The highest BCUT2D eigenvalue weighted by Crippen LogP contribution is 2.17. The van der Waals surface area contributed by atoms with Crippen molar-refractivity contribution in [3.63, 3.8) is 0 Å². The topological polar surface area (TPSA) is 32.3 Å². The van der Waals surface area contributed by atoms with E-state index in [0.717, 1.165) is 0 Å². The molecule has 88 valence electrons.